The van der Waals surface area contributed by atoms with Crippen molar-refractivity contribution in [1.29, 1.82) is 0 Å². The average Bonchev–Trinajstić information content (AvgIpc) is 3.14. The number of benzene rings is 2. The Morgan fingerprint density at radius 1 is 1.15 bits per heavy atom. The molecule has 1 aliphatic rings. The van der Waals surface area contributed by atoms with E-state index in [1.54, 1.807) is 41.3 Å². The lowest BCUT2D eigenvalue weighted by atomic mass is 10.1. The van der Waals surface area contributed by atoms with Crippen LogP contribution in [0.5, 0.6) is 0 Å². The molecule has 0 radical (unpaired) electrons. The SMILES string of the molecule is CCCCNC(=O)C1CSC(c2ccc(F)cc2)N1C(=O)c1ccccc1. The molecular weight excluding hydrogens is 363 g/mol. The standard InChI is InChI=1S/C21H23FN2O2S/c1-2-3-13-23-19(25)18-14-27-21(16-9-11-17(22)12-10-16)24(18)20(26)15-7-5-4-6-8-15/h4-12,18,21H,2-3,13-14H2,1H3,(H,23,25). The maximum Gasteiger partial charge on any atom is 0.255 e. The summed E-state index contributed by atoms with van der Waals surface area (Å²) >= 11 is 1.53. The fraction of sp³-hybridized carbons (Fsp3) is 0.333. The monoisotopic (exact) mass is 386 g/mol. The lowest BCUT2D eigenvalue weighted by Gasteiger charge is -2.29. The maximum absolute atomic E-state index is 13.3. The molecule has 1 fully saturated rings. The molecule has 2 atom stereocenters. The van der Waals surface area contributed by atoms with E-state index in [4.69, 9.17) is 0 Å². The first kappa shape index (κ1) is 19.4. The number of thioether (sulfide) groups is 1. The highest BCUT2D eigenvalue weighted by atomic mass is 32.2. The second-order valence-corrected chi connectivity index (χ2v) is 7.59. The number of nitrogens with zero attached hydrogens (tertiary/aromatic N) is 1. The van der Waals surface area contributed by atoms with Gasteiger partial charge in [-0.25, -0.2) is 4.39 Å². The molecule has 142 valence electrons. The van der Waals surface area contributed by atoms with Crippen LogP contribution in [-0.4, -0.2) is 35.1 Å². The van der Waals surface area contributed by atoms with Gasteiger partial charge in [-0.3, -0.25) is 9.59 Å². The summed E-state index contributed by atoms with van der Waals surface area (Å²) in [5.41, 5.74) is 1.35. The van der Waals surface area contributed by atoms with Crippen LogP contribution >= 0.6 is 11.8 Å². The van der Waals surface area contributed by atoms with Gasteiger partial charge in [0.2, 0.25) is 5.91 Å². The van der Waals surface area contributed by atoms with Crippen molar-refractivity contribution in [1.82, 2.24) is 10.2 Å². The van der Waals surface area contributed by atoms with Gasteiger partial charge in [-0.15, -0.1) is 11.8 Å². The Morgan fingerprint density at radius 2 is 1.85 bits per heavy atom. The maximum atomic E-state index is 13.3. The third-order valence-electron chi connectivity index (χ3n) is 4.54. The largest absolute Gasteiger partial charge is 0.354 e. The predicted octanol–water partition coefficient (Wildman–Crippen LogP) is 4.00. The van der Waals surface area contributed by atoms with Gasteiger partial charge >= 0.3 is 0 Å². The molecular formula is C21H23FN2O2S. The number of nitrogens with one attached hydrogen (secondary N) is 1. The Balaban J connectivity index is 1.88. The van der Waals surface area contributed by atoms with Crippen molar-refractivity contribution in [3.8, 4) is 0 Å². The summed E-state index contributed by atoms with van der Waals surface area (Å²) in [7, 11) is 0. The number of hydrogen-bond donors (Lipinski definition) is 1. The van der Waals surface area contributed by atoms with Crippen LogP contribution in [0.25, 0.3) is 0 Å². The van der Waals surface area contributed by atoms with E-state index in [0.29, 0.717) is 17.9 Å². The summed E-state index contributed by atoms with van der Waals surface area (Å²) in [4.78, 5) is 27.6. The van der Waals surface area contributed by atoms with Gasteiger partial charge in [0.1, 0.15) is 17.2 Å². The first-order chi connectivity index (χ1) is 13.1. The van der Waals surface area contributed by atoms with E-state index in [1.807, 2.05) is 6.07 Å². The Bertz CT molecular complexity index is 783. The minimum Gasteiger partial charge on any atom is -0.354 e. The van der Waals surface area contributed by atoms with E-state index < -0.39 is 6.04 Å². The van der Waals surface area contributed by atoms with Gasteiger partial charge in [0.15, 0.2) is 0 Å². The minimum atomic E-state index is -0.547. The molecule has 2 unspecified atom stereocenters. The summed E-state index contributed by atoms with van der Waals surface area (Å²) in [6.45, 7) is 2.67. The minimum absolute atomic E-state index is 0.134. The predicted molar refractivity (Wildman–Crippen MR) is 106 cm³/mol. The van der Waals surface area contributed by atoms with Crippen molar-refractivity contribution < 1.29 is 14.0 Å². The number of carbonyl (C=O) groups is 2. The van der Waals surface area contributed by atoms with Crippen LogP contribution in [0, 0.1) is 5.82 Å². The zero-order valence-corrected chi connectivity index (χ0v) is 16.0. The van der Waals surface area contributed by atoms with Crippen LogP contribution in [0.3, 0.4) is 0 Å². The highest BCUT2D eigenvalue weighted by molar-refractivity contribution is 7.99. The number of unbranched alkanes of at least 4 members (excludes halogenated alkanes) is 1. The molecule has 0 aromatic heterocycles. The van der Waals surface area contributed by atoms with E-state index in [1.165, 1.54) is 23.9 Å². The molecule has 3 rings (SSSR count). The van der Waals surface area contributed by atoms with Crippen LogP contribution in [-0.2, 0) is 4.79 Å². The Kier molecular flexibility index (Phi) is 6.50. The molecule has 0 aliphatic carbocycles. The molecule has 6 heteroatoms. The smallest absolute Gasteiger partial charge is 0.255 e. The van der Waals surface area contributed by atoms with Gasteiger partial charge in [0, 0.05) is 17.9 Å². The molecule has 1 saturated heterocycles. The molecule has 0 bridgehead atoms. The lowest BCUT2D eigenvalue weighted by molar-refractivity contribution is -0.124. The Morgan fingerprint density at radius 3 is 2.52 bits per heavy atom. The number of amides is 2. The zero-order valence-electron chi connectivity index (χ0n) is 15.2. The van der Waals surface area contributed by atoms with Crippen molar-refractivity contribution in [2.75, 3.05) is 12.3 Å². The van der Waals surface area contributed by atoms with E-state index in [2.05, 4.69) is 12.2 Å². The molecule has 0 saturated carbocycles. The second-order valence-electron chi connectivity index (χ2n) is 6.48. The van der Waals surface area contributed by atoms with Crippen molar-refractivity contribution in [3.63, 3.8) is 0 Å². The van der Waals surface area contributed by atoms with E-state index in [0.717, 1.165) is 18.4 Å². The first-order valence-electron chi connectivity index (χ1n) is 9.14. The molecule has 2 amide bonds. The van der Waals surface area contributed by atoms with Crippen molar-refractivity contribution in [2.24, 2.45) is 0 Å². The normalized spacial score (nSPS) is 19.1. The highest BCUT2D eigenvalue weighted by Gasteiger charge is 2.42. The van der Waals surface area contributed by atoms with Crippen LogP contribution < -0.4 is 5.32 Å². The topological polar surface area (TPSA) is 49.4 Å². The quantitative estimate of drug-likeness (QED) is 0.764. The van der Waals surface area contributed by atoms with Crippen molar-refractivity contribution in [3.05, 3.63) is 71.5 Å². The number of hydrogen-bond acceptors (Lipinski definition) is 3. The van der Waals surface area contributed by atoms with E-state index in [9.17, 15) is 14.0 Å². The van der Waals surface area contributed by atoms with Crippen molar-refractivity contribution in [2.45, 2.75) is 31.2 Å². The first-order valence-corrected chi connectivity index (χ1v) is 10.2. The Labute approximate surface area is 163 Å². The van der Waals surface area contributed by atoms with Gasteiger partial charge < -0.3 is 10.2 Å². The molecule has 2 aromatic rings. The van der Waals surface area contributed by atoms with Crippen LogP contribution in [0.15, 0.2) is 54.6 Å². The summed E-state index contributed by atoms with van der Waals surface area (Å²) < 4.78 is 13.3. The Hall–Kier alpha value is -2.34. The van der Waals surface area contributed by atoms with Gasteiger partial charge in [-0.1, -0.05) is 43.7 Å². The van der Waals surface area contributed by atoms with Gasteiger partial charge in [0.25, 0.3) is 5.91 Å². The van der Waals surface area contributed by atoms with E-state index >= 15 is 0 Å². The molecule has 0 spiro atoms. The fourth-order valence-electron chi connectivity index (χ4n) is 3.08. The van der Waals surface area contributed by atoms with Crippen molar-refractivity contribution >= 4 is 23.6 Å². The van der Waals surface area contributed by atoms with Gasteiger partial charge in [-0.2, -0.15) is 0 Å². The summed E-state index contributed by atoms with van der Waals surface area (Å²) in [5, 5.41) is 2.62. The lowest BCUT2D eigenvalue weighted by Crippen LogP contribution is -2.48. The molecule has 1 aliphatic heterocycles. The van der Waals surface area contributed by atoms with Crippen LogP contribution in [0.1, 0.15) is 41.1 Å². The number of rotatable bonds is 6. The average molecular weight is 386 g/mol. The van der Waals surface area contributed by atoms with Gasteiger partial charge in [-0.05, 0) is 36.2 Å². The van der Waals surface area contributed by atoms with Gasteiger partial charge in [0.05, 0.1) is 0 Å². The van der Waals surface area contributed by atoms with E-state index in [-0.39, 0.29) is 23.0 Å². The molecule has 1 N–H and O–H groups in total. The molecule has 2 aromatic carbocycles. The summed E-state index contributed by atoms with van der Waals surface area (Å²) in [6, 6.07) is 14.5. The summed E-state index contributed by atoms with van der Waals surface area (Å²) in [5.74, 6) is -0.134. The fourth-order valence-corrected chi connectivity index (χ4v) is 4.51. The summed E-state index contributed by atoms with van der Waals surface area (Å²) in [6.07, 6.45) is 1.89. The number of halogens is 1. The van der Waals surface area contributed by atoms with Crippen LogP contribution in [0.2, 0.25) is 0 Å². The second kappa shape index (κ2) is 9.04. The zero-order chi connectivity index (χ0) is 19.2. The number of carbonyl (C=O) groups excluding carboxylic acids is 2. The third-order valence-corrected chi connectivity index (χ3v) is 5.87. The molecule has 4 nitrogen and oxygen atoms in total. The van der Waals surface area contributed by atoms with Crippen LogP contribution in [0.4, 0.5) is 4.39 Å². The molecule has 27 heavy (non-hydrogen) atoms. The highest BCUT2D eigenvalue weighted by Crippen LogP contribution is 2.42. The molecule has 1 heterocycles. The third kappa shape index (κ3) is 4.50.